The van der Waals surface area contributed by atoms with E-state index in [1.807, 2.05) is 20.8 Å². The van der Waals surface area contributed by atoms with Crippen LogP contribution in [0.4, 0.5) is 0 Å². The van der Waals surface area contributed by atoms with E-state index in [1.165, 1.54) is 6.07 Å². The monoisotopic (exact) mass is 434 g/mol. The largest absolute Gasteiger partial charge is 0.507 e. The van der Waals surface area contributed by atoms with Gasteiger partial charge in [0, 0.05) is 6.42 Å². The molecule has 0 aliphatic carbocycles. The van der Waals surface area contributed by atoms with Gasteiger partial charge in [-0.2, -0.15) is 0 Å². The number of hydrogen-bond donors (Lipinski definition) is 4. The summed E-state index contributed by atoms with van der Waals surface area (Å²) in [4.78, 5) is 37.0. The zero-order chi connectivity index (χ0) is 22.7. The van der Waals surface area contributed by atoms with Crippen LogP contribution in [0.2, 0.25) is 0 Å². The highest BCUT2D eigenvalue weighted by Gasteiger charge is 2.43. The number of phenols is 1. The molecule has 2 heterocycles. The van der Waals surface area contributed by atoms with Gasteiger partial charge in [0.15, 0.2) is 12.2 Å². The minimum absolute atomic E-state index is 0.0821. The number of cyclic esters (lactones) is 2. The number of benzene rings is 1. The number of rotatable bonds is 8. The van der Waals surface area contributed by atoms with Crippen LogP contribution in [0.1, 0.15) is 49.5 Å². The summed E-state index contributed by atoms with van der Waals surface area (Å²) in [6.45, 7) is 6.37. The number of aliphatic hydroxyl groups excluding tert-OH is 1. The Bertz CT molecular complexity index is 841. The smallest absolute Gasteiger partial charge is 0.342 e. The number of fused-ring (bicyclic) bond motifs is 1. The van der Waals surface area contributed by atoms with Gasteiger partial charge in [0.05, 0.1) is 18.5 Å². The number of hydrogen-bond acceptors (Lipinski definition) is 8. The Hall–Kier alpha value is -2.65. The molecule has 2 aliphatic rings. The standard InChI is InChI=1S/C22H30N2O7/c1-4-23-14-10-17(26)31-20(14)19(27)21(28)24-13(8-11(2)3)16-9-12-6-5-7-15(25)18(12)22(29)30-16/h5-7,11,13-14,16,19-20,23,25,27H,4,8-10H2,1-3H3,(H,24,28). The topological polar surface area (TPSA) is 134 Å². The van der Waals surface area contributed by atoms with Gasteiger partial charge in [-0.15, -0.1) is 0 Å². The number of amides is 1. The SMILES string of the molecule is CCNC1CC(=O)OC1C(O)C(=O)NC(CC(C)C)C1Cc2cccc(O)c2C(=O)O1. The number of aliphatic hydroxyl groups is 1. The Labute approximate surface area is 181 Å². The van der Waals surface area contributed by atoms with Crippen molar-refractivity contribution in [1.82, 2.24) is 10.6 Å². The molecule has 9 nitrogen and oxygen atoms in total. The summed E-state index contributed by atoms with van der Waals surface area (Å²) in [5.74, 6) is -1.78. The quantitative estimate of drug-likeness (QED) is 0.439. The van der Waals surface area contributed by atoms with Gasteiger partial charge >= 0.3 is 11.9 Å². The third-order valence-electron chi connectivity index (χ3n) is 5.61. The molecule has 0 radical (unpaired) electrons. The van der Waals surface area contributed by atoms with Crippen molar-refractivity contribution < 1.29 is 34.1 Å². The molecule has 1 aromatic carbocycles. The molecule has 1 amide bonds. The molecule has 1 fully saturated rings. The van der Waals surface area contributed by atoms with Gasteiger partial charge in [-0.3, -0.25) is 9.59 Å². The van der Waals surface area contributed by atoms with Gasteiger partial charge in [-0.25, -0.2) is 4.79 Å². The highest BCUT2D eigenvalue weighted by Crippen LogP contribution is 2.30. The first-order valence-electron chi connectivity index (χ1n) is 10.6. The molecular formula is C22H30N2O7. The molecule has 0 aromatic heterocycles. The predicted octanol–water partition coefficient (Wildman–Crippen LogP) is 0.659. The van der Waals surface area contributed by atoms with E-state index in [-0.39, 0.29) is 23.7 Å². The van der Waals surface area contributed by atoms with Gasteiger partial charge in [0.1, 0.15) is 17.4 Å². The zero-order valence-corrected chi connectivity index (χ0v) is 18.0. The lowest BCUT2D eigenvalue weighted by atomic mass is 9.90. The Morgan fingerprint density at radius 2 is 1.97 bits per heavy atom. The first kappa shape index (κ1) is 23.0. The lowest BCUT2D eigenvalue weighted by Crippen LogP contribution is -2.55. The van der Waals surface area contributed by atoms with E-state index < -0.39 is 48.2 Å². The molecule has 170 valence electrons. The summed E-state index contributed by atoms with van der Waals surface area (Å²) in [6, 6.07) is 3.80. The summed E-state index contributed by atoms with van der Waals surface area (Å²) < 4.78 is 10.7. The number of phenolic OH excluding ortho intramolecular Hbond substituents is 1. The minimum Gasteiger partial charge on any atom is -0.507 e. The third-order valence-corrected chi connectivity index (χ3v) is 5.61. The Balaban J connectivity index is 1.75. The molecule has 31 heavy (non-hydrogen) atoms. The lowest BCUT2D eigenvalue weighted by molar-refractivity contribution is -0.150. The number of carbonyl (C=O) groups is 3. The number of likely N-dealkylation sites (N-methyl/N-ethyl adjacent to an activating group) is 1. The van der Waals surface area contributed by atoms with Crippen LogP contribution < -0.4 is 10.6 Å². The van der Waals surface area contributed by atoms with E-state index >= 15 is 0 Å². The fourth-order valence-electron chi connectivity index (χ4n) is 4.21. The maximum atomic E-state index is 12.8. The van der Waals surface area contributed by atoms with Crippen LogP contribution >= 0.6 is 0 Å². The predicted molar refractivity (Wildman–Crippen MR) is 110 cm³/mol. The van der Waals surface area contributed by atoms with Crippen LogP contribution in [0.25, 0.3) is 0 Å². The summed E-state index contributed by atoms with van der Waals surface area (Å²) in [6.07, 6.45) is -2.29. The highest BCUT2D eigenvalue weighted by molar-refractivity contribution is 5.95. The molecule has 4 N–H and O–H groups in total. The molecule has 1 saturated heterocycles. The molecule has 2 aliphatic heterocycles. The maximum Gasteiger partial charge on any atom is 0.342 e. The maximum absolute atomic E-state index is 12.8. The van der Waals surface area contributed by atoms with Gasteiger partial charge in [-0.05, 0) is 30.5 Å². The number of aromatic hydroxyl groups is 1. The molecule has 5 atom stereocenters. The average molecular weight is 434 g/mol. The molecule has 5 unspecified atom stereocenters. The van der Waals surface area contributed by atoms with Crippen LogP contribution in [0.5, 0.6) is 5.75 Å². The molecule has 0 saturated carbocycles. The van der Waals surface area contributed by atoms with E-state index in [0.717, 1.165) is 0 Å². The minimum atomic E-state index is -1.55. The zero-order valence-electron chi connectivity index (χ0n) is 18.0. The van der Waals surface area contributed by atoms with Gasteiger partial charge in [0.25, 0.3) is 5.91 Å². The second-order valence-corrected chi connectivity index (χ2v) is 8.47. The van der Waals surface area contributed by atoms with Crippen LogP contribution in [-0.4, -0.2) is 65.0 Å². The van der Waals surface area contributed by atoms with Crippen molar-refractivity contribution in [2.75, 3.05) is 6.54 Å². The fraction of sp³-hybridized carbons (Fsp3) is 0.591. The number of nitrogens with one attached hydrogen (secondary N) is 2. The van der Waals surface area contributed by atoms with E-state index in [9.17, 15) is 24.6 Å². The van der Waals surface area contributed by atoms with Gasteiger partial charge < -0.3 is 30.3 Å². The van der Waals surface area contributed by atoms with Crippen LogP contribution in [0, 0.1) is 5.92 Å². The Morgan fingerprint density at radius 1 is 1.23 bits per heavy atom. The summed E-state index contributed by atoms with van der Waals surface area (Å²) >= 11 is 0. The van der Waals surface area contributed by atoms with E-state index in [4.69, 9.17) is 9.47 Å². The van der Waals surface area contributed by atoms with Crippen molar-refractivity contribution in [2.45, 2.75) is 70.4 Å². The van der Waals surface area contributed by atoms with Crippen LogP contribution in [-0.2, 0) is 25.5 Å². The number of esters is 2. The average Bonchev–Trinajstić information content (AvgIpc) is 3.06. The number of ether oxygens (including phenoxy) is 2. The van der Waals surface area contributed by atoms with Crippen molar-refractivity contribution in [1.29, 1.82) is 0 Å². The van der Waals surface area contributed by atoms with Crippen molar-refractivity contribution >= 4 is 17.8 Å². The molecule has 0 bridgehead atoms. The highest BCUT2D eigenvalue weighted by atomic mass is 16.6. The van der Waals surface area contributed by atoms with Crippen molar-refractivity contribution in [2.24, 2.45) is 5.92 Å². The first-order valence-corrected chi connectivity index (χ1v) is 10.6. The first-order chi connectivity index (χ1) is 14.7. The molecule has 1 aromatic rings. The van der Waals surface area contributed by atoms with Crippen LogP contribution in [0.3, 0.4) is 0 Å². The third kappa shape index (κ3) is 5.16. The van der Waals surface area contributed by atoms with Crippen molar-refractivity contribution in [3.8, 4) is 5.75 Å². The Kier molecular flexibility index (Phi) is 7.17. The lowest BCUT2D eigenvalue weighted by Gasteiger charge is -2.34. The summed E-state index contributed by atoms with van der Waals surface area (Å²) in [5.41, 5.74) is 0.779. The van der Waals surface area contributed by atoms with E-state index in [2.05, 4.69) is 10.6 Å². The van der Waals surface area contributed by atoms with Gasteiger partial charge in [0.2, 0.25) is 0 Å². The molecule has 0 spiro atoms. The van der Waals surface area contributed by atoms with Crippen molar-refractivity contribution in [3.05, 3.63) is 29.3 Å². The summed E-state index contributed by atoms with van der Waals surface area (Å²) in [5, 5.41) is 26.4. The second-order valence-electron chi connectivity index (χ2n) is 8.47. The normalized spacial score (nSPS) is 24.9. The Morgan fingerprint density at radius 3 is 2.65 bits per heavy atom. The number of carbonyl (C=O) groups excluding carboxylic acids is 3. The molecule has 9 heteroatoms. The van der Waals surface area contributed by atoms with E-state index in [0.29, 0.717) is 24.9 Å². The fourth-order valence-corrected chi connectivity index (χ4v) is 4.21. The van der Waals surface area contributed by atoms with Crippen LogP contribution in [0.15, 0.2) is 18.2 Å². The van der Waals surface area contributed by atoms with E-state index in [1.54, 1.807) is 12.1 Å². The second kappa shape index (κ2) is 9.65. The summed E-state index contributed by atoms with van der Waals surface area (Å²) in [7, 11) is 0. The molecular weight excluding hydrogens is 404 g/mol. The van der Waals surface area contributed by atoms with Crippen molar-refractivity contribution in [3.63, 3.8) is 0 Å². The molecule has 3 rings (SSSR count). The van der Waals surface area contributed by atoms with Gasteiger partial charge in [-0.1, -0.05) is 32.9 Å².